The molecule has 0 spiro atoms. The second kappa shape index (κ2) is 6.65. The molecule has 0 aliphatic carbocycles. The van der Waals surface area contributed by atoms with E-state index in [0.29, 0.717) is 11.8 Å². The molecule has 4 aromatic rings. The molecular weight excluding hydrogens is 340 g/mol. The highest BCUT2D eigenvalue weighted by Gasteiger charge is 2.19. The van der Waals surface area contributed by atoms with Gasteiger partial charge < -0.3 is 0 Å². The lowest BCUT2D eigenvalue weighted by molar-refractivity contribution is 0.806. The first-order valence-electron chi connectivity index (χ1n) is 8.93. The number of hydrogen-bond donors (Lipinski definition) is 0. The predicted octanol–water partition coefficient (Wildman–Crippen LogP) is 5.79. The van der Waals surface area contributed by atoms with Gasteiger partial charge in [0.1, 0.15) is 6.33 Å². The van der Waals surface area contributed by atoms with E-state index >= 15 is 0 Å². The smallest absolute Gasteiger partial charge is 0.168 e. The highest BCUT2D eigenvalue weighted by Crippen LogP contribution is 2.34. The van der Waals surface area contributed by atoms with Crippen molar-refractivity contribution in [3.8, 4) is 17.1 Å². The normalized spacial score (nSPS) is 11.8. The molecule has 26 heavy (non-hydrogen) atoms. The van der Waals surface area contributed by atoms with Crippen LogP contribution in [0.25, 0.3) is 27.3 Å². The Morgan fingerprint density at radius 2 is 1.69 bits per heavy atom. The van der Waals surface area contributed by atoms with Gasteiger partial charge in [-0.25, -0.2) is 4.98 Å². The van der Waals surface area contributed by atoms with Crippen molar-refractivity contribution >= 4 is 21.6 Å². The van der Waals surface area contributed by atoms with Crippen LogP contribution in [-0.4, -0.2) is 19.7 Å². The highest BCUT2D eigenvalue weighted by atomic mass is 32.1. The van der Waals surface area contributed by atoms with E-state index in [4.69, 9.17) is 0 Å². The Bertz CT molecular complexity index is 1030. The second-order valence-corrected chi connectivity index (χ2v) is 8.04. The van der Waals surface area contributed by atoms with E-state index in [1.165, 1.54) is 21.5 Å². The Balaban J connectivity index is 1.95. The van der Waals surface area contributed by atoms with Crippen LogP contribution in [0.5, 0.6) is 0 Å². The topological polar surface area (TPSA) is 43.6 Å². The molecule has 0 saturated heterocycles. The average molecular weight is 363 g/mol. The van der Waals surface area contributed by atoms with E-state index in [1.54, 1.807) is 11.3 Å². The summed E-state index contributed by atoms with van der Waals surface area (Å²) in [5.41, 5.74) is 7.75. The Hall–Kier alpha value is -2.53. The molecule has 0 radical (unpaired) electrons. The molecule has 2 aromatic heterocycles. The molecule has 2 aromatic carbocycles. The molecule has 0 fully saturated rings. The standard InChI is InChI=1S/C21H22N4S/c1-13(2)16-6-5-7-17(14(3)4)20(16)25-11-23-24-21(25)15-8-9-19-18(10-15)22-12-26-19/h5-14H,1-4H3. The van der Waals surface area contributed by atoms with Crippen molar-refractivity contribution < 1.29 is 0 Å². The highest BCUT2D eigenvalue weighted by molar-refractivity contribution is 7.16. The third-order valence-corrected chi connectivity index (χ3v) is 5.53. The largest absolute Gasteiger partial charge is 0.281 e. The number of thiazole rings is 1. The molecule has 0 aliphatic rings. The van der Waals surface area contributed by atoms with Gasteiger partial charge in [0, 0.05) is 5.56 Å². The molecule has 0 unspecified atom stereocenters. The molecule has 4 rings (SSSR count). The summed E-state index contributed by atoms with van der Waals surface area (Å²) in [5.74, 6) is 1.69. The van der Waals surface area contributed by atoms with Gasteiger partial charge in [0.15, 0.2) is 5.82 Å². The van der Waals surface area contributed by atoms with Crippen molar-refractivity contribution in [2.45, 2.75) is 39.5 Å². The van der Waals surface area contributed by atoms with Crippen molar-refractivity contribution in [1.82, 2.24) is 19.7 Å². The van der Waals surface area contributed by atoms with Crippen molar-refractivity contribution in [2.24, 2.45) is 0 Å². The summed E-state index contributed by atoms with van der Waals surface area (Å²) in [4.78, 5) is 4.44. The summed E-state index contributed by atoms with van der Waals surface area (Å²) < 4.78 is 3.32. The van der Waals surface area contributed by atoms with Gasteiger partial charge in [-0.1, -0.05) is 45.9 Å². The monoisotopic (exact) mass is 362 g/mol. The summed E-state index contributed by atoms with van der Waals surface area (Å²) in [6.45, 7) is 8.92. The van der Waals surface area contributed by atoms with Crippen LogP contribution in [0.15, 0.2) is 48.2 Å². The number of nitrogens with zero attached hydrogens (tertiary/aromatic N) is 4. The van der Waals surface area contributed by atoms with Gasteiger partial charge in [0.25, 0.3) is 0 Å². The van der Waals surface area contributed by atoms with Crippen LogP contribution >= 0.6 is 11.3 Å². The molecule has 2 heterocycles. The molecule has 0 aliphatic heterocycles. The van der Waals surface area contributed by atoms with E-state index < -0.39 is 0 Å². The van der Waals surface area contributed by atoms with Crippen LogP contribution in [0, 0.1) is 0 Å². The SMILES string of the molecule is CC(C)c1cccc(C(C)C)c1-n1cnnc1-c1ccc2scnc2c1. The van der Waals surface area contributed by atoms with E-state index in [1.807, 2.05) is 11.8 Å². The zero-order chi connectivity index (χ0) is 18.3. The fourth-order valence-corrected chi connectivity index (χ4v) is 4.04. The summed E-state index contributed by atoms with van der Waals surface area (Å²) in [7, 11) is 0. The van der Waals surface area contributed by atoms with Crippen molar-refractivity contribution in [3.05, 3.63) is 59.4 Å². The molecule has 5 heteroatoms. The van der Waals surface area contributed by atoms with E-state index in [-0.39, 0.29) is 0 Å². The third-order valence-electron chi connectivity index (χ3n) is 4.72. The molecular formula is C21H22N4S. The Morgan fingerprint density at radius 3 is 2.38 bits per heavy atom. The lowest BCUT2D eigenvalue weighted by Crippen LogP contribution is -2.07. The number of rotatable bonds is 4. The Morgan fingerprint density at radius 1 is 0.962 bits per heavy atom. The number of hydrogen-bond acceptors (Lipinski definition) is 4. The maximum absolute atomic E-state index is 4.44. The predicted molar refractivity (Wildman–Crippen MR) is 108 cm³/mol. The van der Waals surface area contributed by atoms with Crippen molar-refractivity contribution in [3.63, 3.8) is 0 Å². The maximum Gasteiger partial charge on any atom is 0.168 e. The van der Waals surface area contributed by atoms with Gasteiger partial charge in [-0.05, 0) is 41.2 Å². The minimum Gasteiger partial charge on any atom is -0.281 e. The number of para-hydroxylation sites is 1. The van der Waals surface area contributed by atoms with Crippen LogP contribution in [0.1, 0.15) is 50.7 Å². The fourth-order valence-electron chi connectivity index (χ4n) is 3.38. The summed E-state index contributed by atoms with van der Waals surface area (Å²) in [6, 6.07) is 12.9. The third kappa shape index (κ3) is 2.82. The first kappa shape index (κ1) is 16.9. The molecule has 132 valence electrons. The number of benzene rings is 2. The van der Waals surface area contributed by atoms with Gasteiger partial charge in [0.05, 0.1) is 21.4 Å². The molecule has 4 nitrogen and oxygen atoms in total. The molecule has 0 saturated carbocycles. The zero-order valence-electron chi connectivity index (χ0n) is 15.5. The average Bonchev–Trinajstić information content (AvgIpc) is 3.29. The number of aromatic nitrogens is 4. The Kier molecular flexibility index (Phi) is 4.32. The van der Waals surface area contributed by atoms with Crippen LogP contribution in [0.4, 0.5) is 0 Å². The van der Waals surface area contributed by atoms with Gasteiger partial charge in [0.2, 0.25) is 0 Å². The lowest BCUT2D eigenvalue weighted by atomic mass is 9.92. The molecule has 0 bridgehead atoms. The lowest BCUT2D eigenvalue weighted by Gasteiger charge is -2.21. The van der Waals surface area contributed by atoms with E-state index in [9.17, 15) is 0 Å². The maximum atomic E-state index is 4.44. The number of fused-ring (bicyclic) bond motifs is 1. The Labute approximate surface area is 157 Å². The van der Waals surface area contributed by atoms with Gasteiger partial charge in [-0.3, -0.25) is 4.57 Å². The first-order valence-corrected chi connectivity index (χ1v) is 9.81. The van der Waals surface area contributed by atoms with E-state index in [0.717, 1.165) is 16.9 Å². The second-order valence-electron chi connectivity index (χ2n) is 7.15. The van der Waals surface area contributed by atoms with Crippen LogP contribution < -0.4 is 0 Å². The van der Waals surface area contributed by atoms with Gasteiger partial charge >= 0.3 is 0 Å². The first-order chi connectivity index (χ1) is 12.6. The van der Waals surface area contributed by atoms with Crippen LogP contribution in [0.3, 0.4) is 0 Å². The van der Waals surface area contributed by atoms with Crippen LogP contribution in [0.2, 0.25) is 0 Å². The molecule has 0 N–H and O–H groups in total. The zero-order valence-corrected chi connectivity index (χ0v) is 16.3. The van der Waals surface area contributed by atoms with Crippen molar-refractivity contribution in [2.75, 3.05) is 0 Å². The van der Waals surface area contributed by atoms with Crippen LogP contribution in [-0.2, 0) is 0 Å². The minimum atomic E-state index is 0.417. The summed E-state index contributed by atoms with van der Waals surface area (Å²) >= 11 is 1.65. The van der Waals surface area contributed by atoms with Crippen molar-refractivity contribution in [1.29, 1.82) is 0 Å². The van der Waals surface area contributed by atoms with E-state index in [2.05, 4.69) is 83.8 Å². The van der Waals surface area contributed by atoms with Gasteiger partial charge in [-0.15, -0.1) is 21.5 Å². The molecule has 0 atom stereocenters. The summed E-state index contributed by atoms with van der Waals surface area (Å²) in [5, 5.41) is 8.68. The van der Waals surface area contributed by atoms with Gasteiger partial charge in [-0.2, -0.15) is 0 Å². The quantitative estimate of drug-likeness (QED) is 0.461. The summed E-state index contributed by atoms with van der Waals surface area (Å²) in [6.07, 6.45) is 1.83. The molecule has 0 amide bonds. The fraction of sp³-hybridized carbons (Fsp3) is 0.286. The minimum absolute atomic E-state index is 0.417.